The van der Waals surface area contributed by atoms with E-state index in [0.717, 1.165) is 16.0 Å². The molecular weight excluding hydrogens is 288 g/mol. The summed E-state index contributed by atoms with van der Waals surface area (Å²) in [4.78, 5) is 12.7. The van der Waals surface area contributed by atoms with E-state index in [4.69, 9.17) is 10.5 Å². The summed E-state index contributed by atoms with van der Waals surface area (Å²) in [6.07, 6.45) is 1.45. The van der Waals surface area contributed by atoms with Crippen molar-refractivity contribution in [1.82, 2.24) is 15.0 Å². The van der Waals surface area contributed by atoms with Crippen LogP contribution in [0.5, 0.6) is 5.75 Å². The Kier molecular flexibility index (Phi) is 3.44. The molecule has 1 aromatic carbocycles. The molecule has 2 aromatic heterocycles. The number of methoxy groups -OCH3 is 1. The van der Waals surface area contributed by atoms with Gasteiger partial charge in [0, 0.05) is 7.05 Å². The zero-order valence-corrected chi connectivity index (χ0v) is 12.4. The minimum absolute atomic E-state index is 0.455. The van der Waals surface area contributed by atoms with Crippen LogP contribution in [0.4, 0.5) is 22.5 Å². The highest BCUT2D eigenvalue weighted by atomic mass is 32.1. The number of hydrogen-bond donors (Lipinski definition) is 3. The van der Waals surface area contributed by atoms with E-state index >= 15 is 0 Å². The summed E-state index contributed by atoms with van der Waals surface area (Å²) < 4.78 is 6.24. The van der Waals surface area contributed by atoms with E-state index in [9.17, 15) is 0 Å². The molecule has 0 aliphatic carbocycles. The van der Waals surface area contributed by atoms with E-state index in [1.165, 1.54) is 17.7 Å². The fourth-order valence-electron chi connectivity index (χ4n) is 1.88. The van der Waals surface area contributed by atoms with Crippen LogP contribution in [0.3, 0.4) is 0 Å². The topological polar surface area (TPSA) is 98.0 Å². The van der Waals surface area contributed by atoms with E-state index in [0.29, 0.717) is 22.5 Å². The monoisotopic (exact) mass is 302 g/mol. The molecule has 0 saturated carbocycles. The highest BCUT2D eigenvalue weighted by Crippen LogP contribution is 2.32. The van der Waals surface area contributed by atoms with Crippen molar-refractivity contribution in [2.45, 2.75) is 0 Å². The van der Waals surface area contributed by atoms with Crippen LogP contribution >= 0.6 is 11.3 Å². The lowest BCUT2D eigenvalue weighted by Gasteiger charge is -2.08. The molecule has 4 N–H and O–H groups in total. The molecule has 3 rings (SSSR count). The van der Waals surface area contributed by atoms with Gasteiger partial charge in [-0.15, -0.1) is 0 Å². The first-order chi connectivity index (χ1) is 10.2. The van der Waals surface area contributed by atoms with Crippen LogP contribution in [-0.4, -0.2) is 29.1 Å². The average Bonchev–Trinajstić information content (AvgIpc) is 2.90. The summed E-state index contributed by atoms with van der Waals surface area (Å²) in [5.74, 6) is 1.91. The van der Waals surface area contributed by atoms with Crippen LogP contribution in [0.2, 0.25) is 0 Å². The Balaban J connectivity index is 1.95. The van der Waals surface area contributed by atoms with Gasteiger partial charge in [-0.3, -0.25) is 0 Å². The quantitative estimate of drug-likeness (QED) is 0.681. The van der Waals surface area contributed by atoms with Gasteiger partial charge >= 0.3 is 0 Å². The standard InChI is InChI=1S/C13H14N6OS/c1-15-11-10(14)12(17-6-16-11)19-13-18-8-4-3-7(20-2)5-9(8)21-13/h3-6H,14H2,1-2H3,(H2,15,16,17,18,19). The second-order valence-electron chi connectivity index (χ2n) is 4.21. The second-order valence-corrected chi connectivity index (χ2v) is 5.24. The van der Waals surface area contributed by atoms with Gasteiger partial charge in [0.15, 0.2) is 16.8 Å². The number of benzene rings is 1. The molecular formula is C13H14N6OS. The van der Waals surface area contributed by atoms with E-state index in [-0.39, 0.29) is 0 Å². The van der Waals surface area contributed by atoms with Crippen LogP contribution in [0.15, 0.2) is 24.5 Å². The maximum absolute atomic E-state index is 5.99. The van der Waals surface area contributed by atoms with Crippen molar-refractivity contribution in [2.24, 2.45) is 0 Å². The molecule has 21 heavy (non-hydrogen) atoms. The molecule has 0 amide bonds. The first-order valence-electron chi connectivity index (χ1n) is 6.21. The molecule has 0 unspecified atom stereocenters. The molecule has 0 aliphatic rings. The first kappa shape index (κ1) is 13.4. The lowest BCUT2D eigenvalue weighted by Crippen LogP contribution is -2.04. The van der Waals surface area contributed by atoms with Crippen LogP contribution in [0.25, 0.3) is 10.2 Å². The molecule has 0 spiro atoms. The van der Waals surface area contributed by atoms with Gasteiger partial charge < -0.3 is 21.1 Å². The summed E-state index contributed by atoms with van der Waals surface area (Å²) in [5, 5.41) is 6.75. The van der Waals surface area contributed by atoms with Crippen molar-refractivity contribution in [3.05, 3.63) is 24.5 Å². The number of nitrogens with two attached hydrogens (primary N) is 1. The number of thiazole rings is 1. The van der Waals surface area contributed by atoms with Gasteiger partial charge in [-0.1, -0.05) is 11.3 Å². The Hall–Kier alpha value is -2.61. The van der Waals surface area contributed by atoms with Crippen LogP contribution in [0.1, 0.15) is 0 Å². The van der Waals surface area contributed by atoms with Gasteiger partial charge in [0.05, 0.1) is 17.3 Å². The summed E-state index contributed by atoms with van der Waals surface area (Å²) in [5.41, 5.74) is 7.34. The number of ether oxygens (including phenoxy) is 1. The number of hydrogen-bond acceptors (Lipinski definition) is 8. The maximum Gasteiger partial charge on any atom is 0.189 e. The van der Waals surface area contributed by atoms with E-state index in [1.807, 2.05) is 18.2 Å². The SMILES string of the molecule is CNc1ncnc(Nc2nc3ccc(OC)cc3s2)c1N. The van der Waals surface area contributed by atoms with Gasteiger partial charge in [0.1, 0.15) is 17.8 Å². The largest absolute Gasteiger partial charge is 0.497 e. The third-order valence-corrected chi connectivity index (χ3v) is 3.88. The van der Waals surface area contributed by atoms with Crippen molar-refractivity contribution in [3.63, 3.8) is 0 Å². The van der Waals surface area contributed by atoms with E-state index in [1.54, 1.807) is 14.2 Å². The lowest BCUT2D eigenvalue weighted by atomic mass is 10.3. The number of nitrogens with zero attached hydrogens (tertiary/aromatic N) is 3. The summed E-state index contributed by atoms with van der Waals surface area (Å²) >= 11 is 1.51. The van der Waals surface area contributed by atoms with Gasteiger partial charge in [-0.05, 0) is 18.2 Å². The van der Waals surface area contributed by atoms with Crippen LogP contribution in [-0.2, 0) is 0 Å². The number of anilines is 4. The molecule has 3 aromatic rings. The molecule has 8 heteroatoms. The predicted molar refractivity (Wildman–Crippen MR) is 85.4 cm³/mol. The van der Waals surface area contributed by atoms with Gasteiger partial charge in [0.25, 0.3) is 0 Å². The minimum Gasteiger partial charge on any atom is -0.497 e. The lowest BCUT2D eigenvalue weighted by molar-refractivity contribution is 0.415. The highest BCUT2D eigenvalue weighted by Gasteiger charge is 2.10. The third-order valence-electron chi connectivity index (χ3n) is 2.94. The number of fused-ring (bicyclic) bond motifs is 1. The average molecular weight is 302 g/mol. The smallest absolute Gasteiger partial charge is 0.189 e. The first-order valence-corrected chi connectivity index (χ1v) is 7.02. The van der Waals surface area contributed by atoms with E-state index in [2.05, 4.69) is 25.6 Å². The van der Waals surface area contributed by atoms with Crippen LogP contribution in [0, 0.1) is 0 Å². The van der Waals surface area contributed by atoms with Crippen molar-refractivity contribution < 1.29 is 4.74 Å². The van der Waals surface area contributed by atoms with Crippen molar-refractivity contribution in [3.8, 4) is 5.75 Å². The Morgan fingerprint density at radius 3 is 2.81 bits per heavy atom. The Morgan fingerprint density at radius 1 is 1.24 bits per heavy atom. The third kappa shape index (κ3) is 2.52. The molecule has 7 nitrogen and oxygen atoms in total. The summed E-state index contributed by atoms with van der Waals surface area (Å²) in [6, 6.07) is 5.74. The Bertz CT molecular complexity index is 787. The van der Waals surface area contributed by atoms with Gasteiger partial charge in [-0.2, -0.15) is 0 Å². The van der Waals surface area contributed by atoms with Crippen molar-refractivity contribution in [2.75, 3.05) is 30.5 Å². The molecule has 0 aliphatic heterocycles. The van der Waals surface area contributed by atoms with Crippen molar-refractivity contribution >= 4 is 44.0 Å². The number of nitrogen functional groups attached to an aromatic ring is 1. The molecule has 2 heterocycles. The van der Waals surface area contributed by atoms with Crippen molar-refractivity contribution in [1.29, 1.82) is 0 Å². The normalized spacial score (nSPS) is 10.6. The Morgan fingerprint density at radius 2 is 2.05 bits per heavy atom. The molecule has 0 atom stereocenters. The molecule has 0 saturated heterocycles. The highest BCUT2D eigenvalue weighted by molar-refractivity contribution is 7.22. The van der Waals surface area contributed by atoms with Crippen LogP contribution < -0.4 is 21.1 Å². The number of aromatic nitrogens is 3. The summed E-state index contributed by atoms with van der Waals surface area (Å²) in [7, 11) is 3.40. The molecule has 108 valence electrons. The summed E-state index contributed by atoms with van der Waals surface area (Å²) in [6.45, 7) is 0. The molecule has 0 fully saturated rings. The molecule has 0 bridgehead atoms. The fourth-order valence-corrected chi connectivity index (χ4v) is 2.77. The predicted octanol–water partition coefficient (Wildman–Crippen LogP) is 2.46. The zero-order valence-electron chi connectivity index (χ0n) is 11.5. The fraction of sp³-hybridized carbons (Fsp3) is 0.154. The number of rotatable bonds is 4. The maximum atomic E-state index is 5.99. The minimum atomic E-state index is 0.455. The molecule has 0 radical (unpaired) electrons. The number of nitrogens with one attached hydrogen (secondary N) is 2. The van der Waals surface area contributed by atoms with Gasteiger partial charge in [-0.25, -0.2) is 15.0 Å². The second kappa shape index (κ2) is 5.41. The Labute approximate surface area is 125 Å². The van der Waals surface area contributed by atoms with Gasteiger partial charge in [0.2, 0.25) is 0 Å². The zero-order chi connectivity index (χ0) is 14.8. The van der Waals surface area contributed by atoms with E-state index < -0.39 is 0 Å².